The highest BCUT2D eigenvalue weighted by Crippen LogP contribution is 2.39. The summed E-state index contributed by atoms with van der Waals surface area (Å²) in [6, 6.07) is 1.67. The van der Waals surface area contributed by atoms with Crippen LogP contribution in [0.25, 0.3) is 0 Å². The summed E-state index contributed by atoms with van der Waals surface area (Å²) in [6.07, 6.45) is 5.28. The standard InChI is InChI=1S/C26H36N2O5S/c1-17-6-8-19(9-7-17)23(30)28(20-11-14-33-15-12-20)24-22(25(31)32-5)16-21(34-24)10-13-26(3,4)27-18(2)29/h16-17,19-20H,6-9,11-12,14-15H2,1-5H3,(H,27,29). The van der Waals surface area contributed by atoms with Crippen LogP contribution in [0.1, 0.15) is 81.5 Å². The number of carbonyl (C=O) groups is 3. The minimum atomic E-state index is -0.726. The van der Waals surface area contributed by atoms with Crippen LogP contribution in [0, 0.1) is 23.7 Å². The first-order valence-electron chi connectivity index (χ1n) is 12.1. The first kappa shape index (κ1) is 26.2. The minimum Gasteiger partial charge on any atom is -0.465 e. The Bertz CT molecular complexity index is 960. The van der Waals surface area contributed by atoms with E-state index in [2.05, 4.69) is 24.1 Å². The Balaban J connectivity index is 2.00. The van der Waals surface area contributed by atoms with E-state index >= 15 is 0 Å². The lowest BCUT2D eigenvalue weighted by atomic mass is 9.82. The molecule has 8 heteroatoms. The Morgan fingerprint density at radius 2 is 1.79 bits per heavy atom. The zero-order valence-electron chi connectivity index (χ0n) is 20.9. The molecule has 0 aromatic carbocycles. The van der Waals surface area contributed by atoms with Crippen LogP contribution in [0.2, 0.25) is 0 Å². The van der Waals surface area contributed by atoms with E-state index in [1.54, 1.807) is 6.07 Å². The third kappa shape index (κ3) is 6.61. The molecule has 1 aromatic rings. The van der Waals surface area contributed by atoms with Gasteiger partial charge in [-0.25, -0.2) is 4.79 Å². The van der Waals surface area contributed by atoms with E-state index in [1.807, 2.05) is 18.7 Å². The second kappa shape index (κ2) is 11.4. The predicted octanol–water partition coefficient (Wildman–Crippen LogP) is 4.14. The van der Waals surface area contributed by atoms with Crippen molar-refractivity contribution in [2.24, 2.45) is 11.8 Å². The van der Waals surface area contributed by atoms with Gasteiger partial charge in [0, 0.05) is 32.1 Å². The molecule has 186 valence electrons. The maximum absolute atomic E-state index is 13.9. The number of ether oxygens (including phenoxy) is 2. The highest BCUT2D eigenvalue weighted by atomic mass is 32.1. The number of amides is 2. The van der Waals surface area contributed by atoms with Crippen LogP contribution < -0.4 is 10.2 Å². The zero-order chi connectivity index (χ0) is 24.9. The van der Waals surface area contributed by atoms with Crippen LogP contribution in [0.5, 0.6) is 0 Å². The average Bonchev–Trinajstić information content (AvgIpc) is 3.21. The molecule has 0 atom stereocenters. The summed E-state index contributed by atoms with van der Waals surface area (Å²) >= 11 is 1.33. The summed E-state index contributed by atoms with van der Waals surface area (Å²) in [7, 11) is 1.35. The number of methoxy groups -OCH3 is 1. The van der Waals surface area contributed by atoms with Crippen molar-refractivity contribution in [3.8, 4) is 11.8 Å². The van der Waals surface area contributed by atoms with Gasteiger partial charge in [0.05, 0.1) is 23.1 Å². The molecule has 2 amide bonds. The number of esters is 1. The molecule has 2 heterocycles. The molecule has 34 heavy (non-hydrogen) atoms. The molecular formula is C26H36N2O5S. The average molecular weight is 489 g/mol. The van der Waals surface area contributed by atoms with Gasteiger partial charge < -0.3 is 14.8 Å². The maximum Gasteiger partial charge on any atom is 0.340 e. The van der Waals surface area contributed by atoms with Crippen molar-refractivity contribution in [1.82, 2.24) is 5.32 Å². The van der Waals surface area contributed by atoms with Crippen LogP contribution in [0.3, 0.4) is 0 Å². The third-order valence-corrected chi connectivity index (χ3v) is 7.53. The largest absolute Gasteiger partial charge is 0.465 e. The number of carbonyl (C=O) groups excluding carboxylic acids is 3. The molecule has 1 aliphatic carbocycles. The Morgan fingerprint density at radius 1 is 1.15 bits per heavy atom. The second-order valence-electron chi connectivity index (χ2n) is 9.89. The molecule has 0 radical (unpaired) electrons. The number of nitrogens with zero attached hydrogens (tertiary/aromatic N) is 1. The van der Waals surface area contributed by atoms with E-state index in [0.717, 1.165) is 38.5 Å². The quantitative estimate of drug-likeness (QED) is 0.497. The first-order valence-corrected chi connectivity index (χ1v) is 12.9. The van der Waals surface area contributed by atoms with E-state index < -0.39 is 11.5 Å². The van der Waals surface area contributed by atoms with Crippen molar-refractivity contribution in [2.45, 2.75) is 77.8 Å². The van der Waals surface area contributed by atoms with Crippen molar-refractivity contribution in [3.63, 3.8) is 0 Å². The van der Waals surface area contributed by atoms with E-state index in [9.17, 15) is 14.4 Å². The molecule has 0 spiro atoms. The second-order valence-corrected chi connectivity index (χ2v) is 10.9. The number of anilines is 1. The van der Waals surface area contributed by atoms with Gasteiger partial charge in [-0.15, -0.1) is 11.3 Å². The van der Waals surface area contributed by atoms with Gasteiger partial charge in [-0.1, -0.05) is 18.8 Å². The molecule has 7 nitrogen and oxygen atoms in total. The highest BCUT2D eigenvalue weighted by molar-refractivity contribution is 7.17. The SMILES string of the molecule is COC(=O)c1cc(C#CC(C)(C)NC(C)=O)sc1N(C(=O)C1CCC(C)CC1)C1CCOCC1. The summed E-state index contributed by atoms with van der Waals surface area (Å²) in [6.45, 7) is 8.50. The normalized spacial score (nSPS) is 21.2. The highest BCUT2D eigenvalue weighted by Gasteiger charge is 2.37. The summed E-state index contributed by atoms with van der Waals surface area (Å²) < 4.78 is 10.6. The molecule has 0 unspecified atom stereocenters. The van der Waals surface area contributed by atoms with Crippen LogP contribution in [-0.4, -0.2) is 49.7 Å². The molecule has 0 bridgehead atoms. The lowest BCUT2D eigenvalue weighted by molar-refractivity contribution is -0.124. The Kier molecular flexibility index (Phi) is 8.78. The van der Waals surface area contributed by atoms with E-state index in [1.165, 1.54) is 25.4 Å². The van der Waals surface area contributed by atoms with E-state index in [0.29, 0.717) is 34.6 Å². The van der Waals surface area contributed by atoms with Gasteiger partial charge in [0.15, 0.2) is 0 Å². The molecule has 1 N–H and O–H groups in total. The lowest BCUT2D eigenvalue weighted by Crippen LogP contribution is -2.47. The molecule has 2 aliphatic rings. The molecule has 1 aromatic heterocycles. The van der Waals surface area contributed by atoms with Crippen LogP contribution >= 0.6 is 11.3 Å². The van der Waals surface area contributed by atoms with Crippen molar-refractivity contribution in [3.05, 3.63) is 16.5 Å². The fourth-order valence-corrected chi connectivity index (χ4v) is 5.74. The molecule has 1 saturated heterocycles. The van der Waals surface area contributed by atoms with Gasteiger partial charge in [0.25, 0.3) is 0 Å². The minimum absolute atomic E-state index is 0.0284. The Morgan fingerprint density at radius 3 is 2.38 bits per heavy atom. The predicted molar refractivity (Wildman–Crippen MR) is 133 cm³/mol. The molecule has 2 fully saturated rings. The number of hydrogen-bond acceptors (Lipinski definition) is 6. The van der Waals surface area contributed by atoms with Gasteiger partial charge in [0.1, 0.15) is 5.00 Å². The van der Waals surface area contributed by atoms with E-state index in [-0.39, 0.29) is 23.8 Å². The first-order chi connectivity index (χ1) is 16.1. The van der Waals surface area contributed by atoms with Gasteiger partial charge in [-0.2, -0.15) is 0 Å². The molecule has 1 saturated carbocycles. The molecule has 3 rings (SSSR count). The van der Waals surface area contributed by atoms with Crippen molar-refractivity contribution in [1.29, 1.82) is 0 Å². The Labute approximate surface area is 206 Å². The number of thiophene rings is 1. The van der Waals surface area contributed by atoms with Gasteiger partial charge in [0.2, 0.25) is 11.8 Å². The van der Waals surface area contributed by atoms with Gasteiger partial charge in [-0.05, 0) is 64.4 Å². The summed E-state index contributed by atoms with van der Waals surface area (Å²) in [5.74, 6) is 6.20. The van der Waals surface area contributed by atoms with Crippen molar-refractivity contribution in [2.75, 3.05) is 25.2 Å². The smallest absolute Gasteiger partial charge is 0.340 e. The lowest BCUT2D eigenvalue weighted by Gasteiger charge is -2.37. The number of rotatable bonds is 5. The van der Waals surface area contributed by atoms with Crippen molar-refractivity contribution >= 4 is 34.1 Å². The van der Waals surface area contributed by atoms with Crippen LogP contribution in [0.15, 0.2) is 6.07 Å². The number of nitrogens with one attached hydrogen (secondary N) is 1. The summed E-state index contributed by atoms with van der Waals surface area (Å²) in [5.41, 5.74) is -0.366. The summed E-state index contributed by atoms with van der Waals surface area (Å²) in [5, 5.41) is 3.41. The van der Waals surface area contributed by atoms with E-state index in [4.69, 9.17) is 9.47 Å². The topological polar surface area (TPSA) is 84.9 Å². The monoisotopic (exact) mass is 488 g/mol. The molecular weight excluding hydrogens is 452 g/mol. The number of hydrogen-bond donors (Lipinski definition) is 1. The fourth-order valence-electron chi connectivity index (χ4n) is 4.66. The van der Waals surface area contributed by atoms with Crippen molar-refractivity contribution < 1.29 is 23.9 Å². The maximum atomic E-state index is 13.9. The molecule has 1 aliphatic heterocycles. The third-order valence-electron chi connectivity index (χ3n) is 6.48. The Hall–Kier alpha value is -2.37. The summed E-state index contributed by atoms with van der Waals surface area (Å²) in [4.78, 5) is 40.6. The van der Waals surface area contributed by atoms with Crippen LogP contribution in [0.4, 0.5) is 5.00 Å². The van der Waals surface area contributed by atoms with Gasteiger partial charge >= 0.3 is 5.97 Å². The fraction of sp³-hybridized carbons (Fsp3) is 0.654. The van der Waals surface area contributed by atoms with Crippen LogP contribution in [-0.2, 0) is 19.1 Å². The van der Waals surface area contributed by atoms with Gasteiger partial charge in [-0.3, -0.25) is 14.5 Å². The zero-order valence-corrected chi connectivity index (χ0v) is 21.7.